The van der Waals surface area contributed by atoms with Gasteiger partial charge in [0.2, 0.25) is 0 Å². The Bertz CT molecular complexity index is 340. The predicted octanol–water partition coefficient (Wildman–Crippen LogP) is 4.14. The lowest BCUT2D eigenvalue weighted by molar-refractivity contribution is 0.299. The van der Waals surface area contributed by atoms with Crippen molar-refractivity contribution in [2.24, 2.45) is 0 Å². The first-order valence-corrected chi connectivity index (χ1v) is 7.75. The largest absolute Gasteiger partial charge is 0.361 e. The number of fused-ring (bicyclic) bond motifs is 1. The fraction of sp³-hybridized carbons (Fsp3) is 0.769. The molecule has 1 saturated carbocycles. The summed E-state index contributed by atoms with van der Waals surface area (Å²) in [5, 5.41) is 3.67. The van der Waals surface area contributed by atoms with Gasteiger partial charge in [-0.1, -0.05) is 43.2 Å². The number of hydrogen-bond donors (Lipinski definition) is 1. The van der Waals surface area contributed by atoms with E-state index in [0.717, 1.165) is 4.32 Å². The molecule has 0 saturated heterocycles. The molecule has 1 fully saturated rings. The Morgan fingerprint density at radius 3 is 2.56 bits per heavy atom. The van der Waals surface area contributed by atoms with Crippen LogP contribution in [0.4, 0.5) is 0 Å². The van der Waals surface area contributed by atoms with Crippen LogP contribution in [0.5, 0.6) is 0 Å². The van der Waals surface area contributed by atoms with Crippen LogP contribution in [0, 0.1) is 0 Å². The summed E-state index contributed by atoms with van der Waals surface area (Å²) in [4.78, 5) is 1.62. The number of hydrogen-bond acceptors (Lipinski definition) is 2. The Balaban J connectivity index is 1.98. The fourth-order valence-corrected chi connectivity index (χ4v) is 5.12. The van der Waals surface area contributed by atoms with Crippen LogP contribution in [-0.2, 0) is 0 Å². The normalized spacial score (nSPS) is 28.9. The van der Waals surface area contributed by atoms with E-state index in [2.05, 4.69) is 5.32 Å². The third-order valence-electron chi connectivity index (χ3n) is 4.26. The van der Waals surface area contributed by atoms with Crippen molar-refractivity contribution >= 4 is 28.3 Å². The molecule has 0 unspecified atom stereocenters. The molecule has 2 aliphatic carbocycles. The van der Waals surface area contributed by atoms with E-state index in [9.17, 15) is 0 Å². The van der Waals surface area contributed by atoms with Crippen molar-refractivity contribution in [3.05, 3.63) is 10.5 Å². The maximum Gasteiger partial charge on any atom is 0.138 e. The maximum absolute atomic E-state index is 5.45. The minimum Gasteiger partial charge on any atom is -0.361 e. The quantitative estimate of drug-likeness (QED) is 0.652. The van der Waals surface area contributed by atoms with Crippen molar-refractivity contribution < 1.29 is 0 Å². The molecule has 88 valence electrons. The standard InChI is InChI=1S/C13H19NS2/c15-12-14-13(8-4-1-5-9-13)10-6-2-3-7-11(10)16-12/h1-9H2,(H,14,15). The van der Waals surface area contributed by atoms with Gasteiger partial charge in [0.15, 0.2) is 0 Å². The van der Waals surface area contributed by atoms with Gasteiger partial charge < -0.3 is 5.32 Å². The zero-order valence-electron chi connectivity index (χ0n) is 9.68. The van der Waals surface area contributed by atoms with E-state index in [4.69, 9.17) is 12.2 Å². The Morgan fingerprint density at radius 2 is 1.75 bits per heavy atom. The summed E-state index contributed by atoms with van der Waals surface area (Å²) in [6, 6.07) is 0. The second kappa shape index (κ2) is 4.34. The van der Waals surface area contributed by atoms with E-state index in [1.807, 2.05) is 11.8 Å². The molecule has 1 N–H and O–H groups in total. The van der Waals surface area contributed by atoms with Gasteiger partial charge in [-0.3, -0.25) is 0 Å². The van der Waals surface area contributed by atoms with E-state index in [1.165, 1.54) is 57.8 Å². The highest BCUT2D eigenvalue weighted by molar-refractivity contribution is 8.25. The van der Waals surface area contributed by atoms with E-state index < -0.39 is 0 Å². The van der Waals surface area contributed by atoms with Crippen LogP contribution in [0.3, 0.4) is 0 Å². The average Bonchev–Trinajstić information content (AvgIpc) is 2.30. The van der Waals surface area contributed by atoms with Gasteiger partial charge >= 0.3 is 0 Å². The molecule has 1 aliphatic heterocycles. The minimum atomic E-state index is 0.288. The molecule has 1 spiro atoms. The lowest BCUT2D eigenvalue weighted by Crippen LogP contribution is -2.52. The molecule has 3 aliphatic rings. The molecule has 0 bridgehead atoms. The Kier molecular flexibility index (Phi) is 3.01. The number of thiocarbonyl (C=S) groups is 1. The van der Waals surface area contributed by atoms with Crippen LogP contribution >= 0.6 is 24.0 Å². The molecule has 16 heavy (non-hydrogen) atoms. The molecule has 0 aromatic rings. The Morgan fingerprint density at radius 1 is 1.00 bits per heavy atom. The van der Waals surface area contributed by atoms with Gasteiger partial charge in [0.1, 0.15) is 4.32 Å². The predicted molar refractivity (Wildman–Crippen MR) is 74.6 cm³/mol. The molecule has 0 atom stereocenters. The molecular formula is C13H19NS2. The average molecular weight is 253 g/mol. The van der Waals surface area contributed by atoms with Gasteiger partial charge in [0.25, 0.3) is 0 Å². The summed E-state index contributed by atoms with van der Waals surface area (Å²) >= 11 is 7.28. The number of nitrogens with one attached hydrogen (secondary N) is 1. The Hall–Kier alpha value is -0.0200. The molecular weight excluding hydrogens is 234 g/mol. The fourth-order valence-electron chi connectivity index (χ4n) is 3.49. The van der Waals surface area contributed by atoms with Gasteiger partial charge in [-0.2, -0.15) is 0 Å². The molecule has 0 radical (unpaired) electrons. The third-order valence-corrected chi connectivity index (χ3v) is 5.60. The first-order valence-electron chi connectivity index (χ1n) is 6.53. The minimum absolute atomic E-state index is 0.288. The van der Waals surface area contributed by atoms with Crippen LogP contribution in [0.1, 0.15) is 57.8 Å². The van der Waals surface area contributed by atoms with Crippen LogP contribution < -0.4 is 5.32 Å². The van der Waals surface area contributed by atoms with Crippen molar-refractivity contribution in [3.8, 4) is 0 Å². The molecule has 0 aromatic heterocycles. The zero-order chi connectivity index (χ0) is 11.0. The second-order valence-corrected chi connectivity index (χ2v) is 7.04. The van der Waals surface area contributed by atoms with Crippen LogP contribution in [-0.4, -0.2) is 9.86 Å². The molecule has 3 heteroatoms. The van der Waals surface area contributed by atoms with Crippen molar-refractivity contribution in [1.82, 2.24) is 5.32 Å². The SMILES string of the molecule is S=C1NC2(CCCCC2)C2=C(CCCC2)S1. The van der Waals surface area contributed by atoms with Crippen molar-refractivity contribution in [3.63, 3.8) is 0 Å². The number of rotatable bonds is 0. The molecule has 3 rings (SSSR count). The molecule has 0 aromatic carbocycles. The van der Waals surface area contributed by atoms with E-state index in [-0.39, 0.29) is 5.54 Å². The van der Waals surface area contributed by atoms with E-state index in [0.29, 0.717) is 0 Å². The van der Waals surface area contributed by atoms with Gasteiger partial charge in [0.05, 0.1) is 5.54 Å². The monoisotopic (exact) mass is 253 g/mol. The number of thioether (sulfide) groups is 1. The van der Waals surface area contributed by atoms with Crippen molar-refractivity contribution in [2.75, 3.05) is 0 Å². The summed E-state index contributed by atoms with van der Waals surface area (Å²) in [6.45, 7) is 0. The summed E-state index contributed by atoms with van der Waals surface area (Å²) in [5.74, 6) is 0. The summed E-state index contributed by atoms with van der Waals surface area (Å²) in [7, 11) is 0. The summed E-state index contributed by atoms with van der Waals surface area (Å²) < 4.78 is 1.03. The smallest absolute Gasteiger partial charge is 0.138 e. The van der Waals surface area contributed by atoms with Crippen LogP contribution in [0.2, 0.25) is 0 Å². The first-order chi connectivity index (χ1) is 7.80. The van der Waals surface area contributed by atoms with Crippen LogP contribution in [0.25, 0.3) is 0 Å². The van der Waals surface area contributed by atoms with Crippen molar-refractivity contribution in [1.29, 1.82) is 0 Å². The highest BCUT2D eigenvalue weighted by Gasteiger charge is 2.41. The highest BCUT2D eigenvalue weighted by Crippen LogP contribution is 2.47. The van der Waals surface area contributed by atoms with Crippen molar-refractivity contribution in [2.45, 2.75) is 63.3 Å². The van der Waals surface area contributed by atoms with E-state index in [1.54, 1.807) is 10.5 Å². The van der Waals surface area contributed by atoms with Gasteiger partial charge in [-0.15, -0.1) is 0 Å². The summed E-state index contributed by atoms with van der Waals surface area (Å²) in [6.07, 6.45) is 12.1. The van der Waals surface area contributed by atoms with Gasteiger partial charge in [-0.25, -0.2) is 0 Å². The van der Waals surface area contributed by atoms with E-state index >= 15 is 0 Å². The number of allylic oxidation sites excluding steroid dienone is 1. The van der Waals surface area contributed by atoms with Crippen LogP contribution in [0.15, 0.2) is 10.5 Å². The molecule has 1 nitrogen and oxygen atoms in total. The molecule has 1 heterocycles. The highest BCUT2D eigenvalue weighted by atomic mass is 32.2. The lowest BCUT2D eigenvalue weighted by atomic mass is 9.73. The third kappa shape index (κ3) is 1.82. The first kappa shape index (κ1) is 11.1. The lowest BCUT2D eigenvalue weighted by Gasteiger charge is -2.46. The van der Waals surface area contributed by atoms with Gasteiger partial charge in [-0.05, 0) is 49.0 Å². The zero-order valence-corrected chi connectivity index (χ0v) is 11.3. The Labute approximate surface area is 107 Å². The topological polar surface area (TPSA) is 12.0 Å². The molecule has 0 amide bonds. The summed E-state index contributed by atoms with van der Waals surface area (Å²) in [5.41, 5.74) is 2.02. The van der Waals surface area contributed by atoms with Gasteiger partial charge in [0, 0.05) is 0 Å². The maximum atomic E-state index is 5.45. The second-order valence-electron chi connectivity index (χ2n) is 5.27.